The summed E-state index contributed by atoms with van der Waals surface area (Å²) in [6, 6.07) is 0. The molecule has 0 bridgehead atoms. The highest BCUT2D eigenvalue weighted by molar-refractivity contribution is 7.14. The molecule has 0 spiro atoms. The minimum atomic E-state index is -2.60. The predicted molar refractivity (Wildman–Crippen MR) is 61.6 cm³/mol. The molecule has 94 valence electrons. The minimum absolute atomic E-state index is 0.213. The number of ether oxygens (including phenoxy) is 1. The number of thiophene rings is 1. The molecule has 0 amide bonds. The molecule has 3 nitrogen and oxygen atoms in total. The van der Waals surface area contributed by atoms with E-state index in [1.54, 1.807) is 12.3 Å². The number of carbonyl (C=O) groups excluding carboxylic acids is 1. The van der Waals surface area contributed by atoms with Crippen LogP contribution in [0.1, 0.15) is 41.6 Å². The van der Waals surface area contributed by atoms with Gasteiger partial charge in [-0.05, 0) is 23.8 Å². The second-order valence-corrected chi connectivity index (χ2v) is 5.02. The van der Waals surface area contributed by atoms with Crippen LogP contribution >= 0.6 is 11.3 Å². The third-order valence-corrected chi connectivity index (χ3v) is 3.69. The summed E-state index contributed by atoms with van der Waals surface area (Å²) < 4.78 is 30.5. The standard InChI is InChI=1S/C11H13F2NO2S/c1-2-16-10(15)8-7(5-17-9(8)14)6-3-11(12,13)4-6/h5-6H,2-4,14H2,1H3. The van der Waals surface area contributed by atoms with E-state index in [9.17, 15) is 13.6 Å². The highest BCUT2D eigenvalue weighted by Gasteiger charge is 2.47. The zero-order chi connectivity index (χ0) is 12.6. The van der Waals surface area contributed by atoms with Crippen molar-refractivity contribution in [1.82, 2.24) is 0 Å². The van der Waals surface area contributed by atoms with Crippen molar-refractivity contribution >= 4 is 22.3 Å². The van der Waals surface area contributed by atoms with Gasteiger partial charge in [-0.15, -0.1) is 11.3 Å². The van der Waals surface area contributed by atoms with E-state index < -0.39 is 11.9 Å². The second kappa shape index (κ2) is 4.25. The molecular formula is C11H13F2NO2S. The molecule has 1 aliphatic rings. The third-order valence-electron chi connectivity index (χ3n) is 2.86. The van der Waals surface area contributed by atoms with Crippen molar-refractivity contribution < 1.29 is 18.3 Å². The first kappa shape index (κ1) is 12.3. The lowest BCUT2D eigenvalue weighted by Crippen LogP contribution is -2.34. The lowest BCUT2D eigenvalue weighted by Gasteiger charge is -2.35. The van der Waals surface area contributed by atoms with Gasteiger partial charge < -0.3 is 10.5 Å². The fraction of sp³-hybridized carbons (Fsp3) is 0.545. The molecule has 1 aliphatic carbocycles. The van der Waals surface area contributed by atoms with Gasteiger partial charge in [0.2, 0.25) is 5.92 Å². The average Bonchev–Trinajstić information content (AvgIpc) is 2.56. The van der Waals surface area contributed by atoms with Crippen molar-refractivity contribution in [2.45, 2.75) is 31.6 Å². The Morgan fingerprint density at radius 2 is 2.29 bits per heavy atom. The van der Waals surface area contributed by atoms with Gasteiger partial charge in [-0.2, -0.15) is 0 Å². The van der Waals surface area contributed by atoms with Gasteiger partial charge >= 0.3 is 5.97 Å². The van der Waals surface area contributed by atoms with E-state index >= 15 is 0 Å². The maximum absolute atomic E-state index is 12.8. The zero-order valence-corrected chi connectivity index (χ0v) is 10.2. The Labute approximate surface area is 102 Å². The monoisotopic (exact) mass is 261 g/mol. The molecule has 1 aromatic heterocycles. The predicted octanol–water partition coefficient (Wildman–Crippen LogP) is 3.02. The molecule has 0 atom stereocenters. The van der Waals surface area contributed by atoms with Crippen LogP contribution in [0.4, 0.5) is 13.8 Å². The first-order chi connectivity index (χ1) is 7.94. The van der Waals surface area contributed by atoms with E-state index in [-0.39, 0.29) is 30.9 Å². The van der Waals surface area contributed by atoms with Crippen molar-refractivity contribution in [2.75, 3.05) is 12.3 Å². The highest BCUT2D eigenvalue weighted by atomic mass is 32.1. The molecule has 2 rings (SSSR count). The third kappa shape index (κ3) is 2.26. The first-order valence-electron chi connectivity index (χ1n) is 5.36. The summed E-state index contributed by atoms with van der Waals surface area (Å²) in [5.41, 5.74) is 6.57. The molecule has 1 fully saturated rings. The van der Waals surface area contributed by atoms with Gasteiger partial charge in [0.15, 0.2) is 0 Å². The molecule has 2 N–H and O–H groups in total. The Kier molecular flexibility index (Phi) is 3.07. The zero-order valence-electron chi connectivity index (χ0n) is 9.33. The van der Waals surface area contributed by atoms with Crippen LogP contribution in [0.15, 0.2) is 5.38 Å². The van der Waals surface area contributed by atoms with Crippen LogP contribution in [0.3, 0.4) is 0 Å². The van der Waals surface area contributed by atoms with Gasteiger partial charge in [-0.25, -0.2) is 13.6 Å². The SMILES string of the molecule is CCOC(=O)c1c(C2CC(F)(F)C2)csc1N. The quantitative estimate of drug-likeness (QED) is 0.851. The molecule has 6 heteroatoms. The van der Waals surface area contributed by atoms with Crippen LogP contribution in [0.5, 0.6) is 0 Å². The van der Waals surface area contributed by atoms with Crippen LogP contribution in [0.25, 0.3) is 0 Å². The van der Waals surface area contributed by atoms with Gasteiger partial charge in [0, 0.05) is 12.8 Å². The number of nitrogens with two attached hydrogens (primary N) is 1. The molecule has 0 aromatic carbocycles. The number of halogens is 2. The number of hydrogen-bond acceptors (Lipinski definition) is 4. The number of carbonyl (C=O) groups is 1. The Balaban J connectivity index is 2.21. The lowest BCUT2D eigenvalue weighted by atomic mass is 9.76. The van der Waals surface area contributed by atoms with Crippen molar-refractivity contribution in [3.05, 3.63) is 16.5 Å². The Morgan fingerprint density at radius 3 is 2.82 bits per heavy atom. The molecule has 0 aliphatic heterocycles. The van der Waals surface area contributed by atoms with Crippen LogP contribution in [0, 0.1) is 0 Å². The van der Waals surface area contributed by atoms with Crippen molar-refractivity contribution in [3.8, 4) is 0 Å². The van der Waals surface area contributed by atoms with Gasteiger partial charge in [0.05, 0.1) is 12.2 Å². The topological polar surface area (TPSA) is 52.3 Å². The molecule has 0 saturated heterocycles. The van der Waals surface area contributed by atoms with Crippen molar-refractivity contribution in [3.63, 3.8) is 0 Å². The van der Waals surface area contributed by atoms with E-state index in [2.05, 4.69) is 0 Å². The van der Waals surface area contributed by atoms with E-state index in [0.717, 1.165) is 0 Å². The van der Waals surface area contributed by atoms with E-state index in [1.165, 1.54) is 11.3 Å². The van der Waals surface area contributed by atoms with Crippen LogP contribution in [-0.2, 0) is 4.74 Å². The van der Waals surface area contributed by atoms with Crippen LogP contribution in [0.2, 0.25) is 0 Å². The summed E-state index contributed by atoms with van der Waals surface area (Å²) in [6.45, 7) is 1.94. The largest absolute Gasteiger partial charge is 0.462 e. The molecule has 0 radical (unpaired) electrons. The maximum Gasteiger partial charge on any atom is 0.341 e. The van der Waals surface area contributed by atoms with Crippen LogP contribution in [-0.4, -0.2) is 18.5 Å². The normalized spacial score (nSPS) is 18.8. The highest BCUT2D eigenvalue weighted by Crippen LogP contribution is 2.50. The van der Waals surface area contributed by atoms with Crippen LogP contribution < -0.4 is 5.73 Å². The van der Waals surface area contributed by atoms with E-state index in [0.29, 0.717) is 10.6 Å². The fourth-order valence-electron chi connectivity index (χ4n) is 1.99. The Bertz CT molecular complexity index is 437. The molecule has 0 unspecified atom stereocenters. The van der Waals surface area contributed by atoms with E-state index in [4.69, 9.17) is 10.5 Å². The Hall–Kier alpha value is -1.17. The molecule has 17 heavy (non-hydrogen) atoms. The maximum atomic E-state index is 12.8. The van der Waals surface area contributed by atoms with Gasteiger partial charge in [-0.1, -0.05) is 0 Å². The smallest absolute Gasteiger partial charge is 0.341 e. The average molecular weight is 261 g/mol. The van der Waals surface area contributed by atoms with Crippen molar-refractivity contribution in [2.24, 2.45) is 0 Å². The number of hydrogen-bond donors (Lipinski definition) is 1. The summed E-state index contributed by atoms with van der Waals surface area (Å²) in [7, 11) is 0. The minimum Gasteiger partial charge on any atom is -0.462 e. The molecule has 1 aromatic rings. The molecule has 1 heterocycles. The van der Waals surface area contributed by atoms with Gasteiger partial charge in [0.25, 0.3) is 0 Å². The molecule has 1 saturated carbocycles. The van der Waals surface area contributed by atoms with Gasteiger partial charge in [0.1, 0.15) is 5.00 Å². The number of nitrogen functional groups attached to an aromatic ring is 1. The summed E-state index contributed by atoms with van der Waals surface area (Å²) in [5.74, 6) is -3.40. The summed E-state index contributed by atoms with van der Waals surface area (Å²) in [5, 5.41) is 2.02. The first-order valence-corrected chi connectivity index (χ1v) is 6.24. The summed E-state index contributed by atoms with van der Waals surface area (Å²) in [6.07, 6.45) is -0.425. The van der Waals surface area contributed by atoms with Crippen molar-refractivity contribution in [1.29, 1.82) is 0 Å². The number of anilines is 1. The summed E-state index contributed by atoms with van der Waals surface area (Å²) >= 11 is 1.19. The van der Waals surface area contributed by atoms with Gasteiger partial charge in [-0.3, -0.25) is 0 Å². The summed E-state index contributed by atoms with van der Waals surface area (Å²) in [4.78, 5) is 11.7. The van der Waals surface area contributed by atoms with E-state index in [1.807, 2.05) is 0 Å². The number of rotatable bonds is 3. The lowest BCUT2D eigenvalue weighted by molar-refractivity contribution is -0.0868. The second-order valence-electron chi connectivity index (χ2n) is 4.11. The fourth-order valence-corrected chi connectivity index (χ4v) is 2.87. The number of esters is 1. The number of alkyl halides is 2. The molecular weight excluding hydrogens is 248 g/mol. The Morgan fingerprint density at radius 1 is 1.65 bits per heavy atom.